The van der Waals surface area contributed by atoms with Crippen molar-refractivity contribution in [3.05, 3.63) is 34.5 Å². The molecule has 0 bridgehead atoms. The van der Waals surface area contributed by atoms with Crippen LogP contribution in [0.5, 0.6) is 10.9 Å². The number of aryl methyl sites for hydroxylation is 2. The van der Waals surface area contributed by atoms with Crippen molar-refractivity contribution in [2.45, 2.75) is 13.8 Å². The SMILES string of the molecule is Cc1cc(Oc2ncc(N)s2)cc(C)c1Cl. The van der Waals surface area contributed by atoms with Crippen molar-refractivity contribution in [2.75, 3.05) is 5.73 Å². The number of nitrogens with zero attached hydrogens (tertiary/aromatic N) is 1. The van der Waals surface area contributed by atoms with E-state index in [2.05, 4.69) is 4.98 Å². The van der Waals surface area contributed by atoms with Crippen molar-refractivity contribution < 1.29 is 4.74 Å². The highest BCUT2D eigenvalue weighted by Crippen LogP contribution is 2.31. The lowest BCUT2D eigenvalue weighted by molar-refractivity contribution is 0.478. The van der Waals surface area contributed by atoms with E-state index in [1.807, 2.05) is 26.0 Å². The molecule has 0 fully saturated rings. The second kappa shape index (κ2) is 4.31. The smallest absolute Gasteiger partial charge is 0.280 e. The van der Waals surface area contributed by atoms with E-state index in [9.17, 15) is 0 Å². The minimum atomic E-state index is 0.540. The van der Waals surface area contributed by atoms with Crippen LogP contribution in [0.15, 0.2) is 18.3 Å². The summed E-state index contributed by atoms with van der Waals surface area (Å²) in [5.74, 6) is 0.730. The first kappa shape index (κ1) is 11.2. The fourth-order valence-electron chi connectivity index (χ4n) is 1.38. The maximum atomic E-state index is 6.07. The third kappa shape index (κ3) is 2.28. The van der Waals surface area contributed by atoms with Crippen molar-refractivity contribution in [3.8, 4) is 10.9 Å². The Kier molecular flexibility index (Phi) is 3.03. The molecular weight excluding hydrogens is 244 g/mol. The molecule has 16 heavy (non-hydrogen) atoms. The molecule has 0 radical (unpaired) electrons. The summed E-state index contributed by atoms with van der Waals surface area (Å²) < 4.78 is 5.58. The number of aromatic nitrogens is 1. The highest BCUT2D eigenvalue weighted by molar-refractivity contribution is 7.17. The Bertz CT molecular complexity index is 501. The second-order valence-electron chi connectivity index (χ2n) is 3.50. The van der Waals surface area contributed by atoms with Crippen molar-refractivity contribution in [3.63, 3.8) is 0 Å². The topological polar surface area (TPSA) is 48.1 Å². The van der Waals surface area contributed by atoms with Crippen LogP contribution < -0.4 is 10.5 Å². The second-order valence-corrected chi connectivity index (χ2v) is 4.90. The normalized spacial score (nSPS) is 10.4. The fraction of sp³-hybridized carbons (Fsp3) is 0.182. The van der Waals surface area contributed by atoms with Gasteiger partial charge in [-0.25, -0.2) is 4.98 Å². The lowest BCUT2D eigenvalue weighted by Gasteiger charge is -2.07. The number of rotatable bonds is 2. The van der Waals surface area contributed by atoms with Gasteiger partial charge in [-0.1, -0.05) is 22.9 Å². The molecule has 0 aliphatic rings. The molecule has 5 heteroatoms. The van der Waals surface area contributed by atoms with Gasteiger partial charge in [-0.3, -0.25) is 0 Å². The molecule has 84 valence electrons. The minimum absolute atomic E-state index is 0.540. The van der Waals surface area contributed by atoms with Gasteiger partial charge in [0.25, 0.3) is 5.19 Å². The average molecular weight is 255 g/mol. The van der Waals surface area contributed by atoms with Crippen molar-refractivity contribution in [1.29, 1.82) is 0 Å². The molecule has 0 unspecified atom stereocenters. The van der Waals surface area contributed by atoms with Gasteiger partial charge in [-0.2, -0.15) is 0 Å². The van der Waals surface area contributed by atoms with Crippen LogP contribution in [0, 0.1) is 13.8 Å². The zero-order valence-electron chi connectivity index (χ0n) is 8.95. The van der Waals surface area contributed by atoms with E-state index in [0.29, 0.717) is 10.2 Å². The summed E-state index contributed by atoms with van der Waals surface area (Å²) in [5, 5.41) is 1.95. The standard InChI is InChI=1S/C11H11ClN2OS/c1-6-3-8(4-7(2)10(6)12)15-11-14-5-9(13)16-11/h3-5H,13H2,1-2H3. The van der Waals surface area contributed by atoms with Gasteiger partial charge in [0.1, 0.15) is 10.8 Å². The van der Waals surface area contributed by atoms with Crippen LogP contribution in [-0.2, 0) is 0 Å². The lowest BCUT2D eigenvalue weighted by Crippen LogP contribution is -1.87. The molecule has 0 saturated carbocycles. The first-order valence-electron chi connectivity index (χ1n) is 4.72. The minimum Gasteiger partial charge on any atom is -0.431 e. The zero-order valence-corrected chi connectivity index (χ0v) is 10.5. The summed E-state index contributed by atoms with van der Waals surface area (Å²) in [6, 6.07) is 3.76. The summed E-state index contributed by atoms with van der Waals surface area (Å²) in [6.45, 7) is 3.89. The molecule has 2 aromatic rings. The van der Waals surface area contributed by atoms with E-state index in [0.717, 1.165) is 21.9 Å². The van der Waals surface area contributed by atoms with Crippen LogP contribution in [0.25, 0.3) is 0 Å². The first-order chi connectivity index (χ1) is 7.56. The van der Waals surface area contributed by atoms with Crippen LogP contribution >= 0.6 is 22.9 Å². The molecule has 0 spiro atoms. The predicted molar refractivity (Wildman–Crippen MR) is 67.5 cm³/mol. The molecule has 2 N–H and O–H groups in total. The van der Waals surface area contributed by atoms with E-state index in [1.54, 1.807) is 6.20 Å². The number of nitrogens with two attached hydrogens (primary N) is 1. The molecule has 0 aliphatic heterocycles. The number of hydrogen-bond acceptors (Lipinski definition) is 4. The van der Waals surface area contributed by atoms with Crippen LogP contribution in [0.4, 0.5) is 5.00 Å². The fourth-order valence-corrected chi connectivity index (χ4v) is 2.04. The molecule has 3 nitrogen and oxygen atoms in total. The Morgan fingerprint density at radius 3 is 2.44 bits per heavy atom. The van der Waals surface area contributed by atoms with Gasteiger partial charge in [0.15, 0.2) is 0 Å². The van der Waals surface area contributed by atoms with Gasteiger partial charge in [0.2, 0.25) is 0 Å². The Balaban J connectivity index is 2.28. The highest BCUT2D eigenvalue weighted by Gasteiger charge is 2.06. The zero-order chi connectivity index (χ0) is 11.7. The maximum absolute atomic E-state index is 6.07. The Labute approximate surface area is 103 Å². The van der Waals surface area contributed by atoms with Crippen LogP contribution in [-0.4, -0.2) is 4.98 Å². The molecule has 0 aliphatic carbocycles. The molecule has 0 saturated heterocycles. The van der Waals surface area contributed by atoms with E-state index in [-0.39, 0.29) is 0 Å². The Hall–Kier alpha value is -1.26. The Morgan fingerprint density at radius 2 is 1.94 bits per heavy atom. The molecule has 0 atom stereocenters. The van der Waals surface area contributed by atoms with Crippen LogP contribution in [0.2, 0.25) is 5.02 Å². The first-order valence-corrected chi connectivity index (χ1v) is 5.91. The van der Waals surface area contributed by atoms with E-state index < -0.39 is 0 Å². The average Bonchev–Trinajstić information content (AvgIpc) is 2.60. The Morgan fingerprint density at radius 1 is 1.31 bits per heavy atom. The maximum Gasteiger partial charge on any atom is 0.280 e. The summed E-state index contributed by atoms with van der Waals surface area (Å²) in [4.78, 5) is 4.03. The predicted octanol–water partition coefficient (Wildman–Crippen LogP) is 3.79. The van der Waals surface area contributed by atoms with Gasteiger partial charge in [-0.05, 0) is 37.1 Å². The largest absolute Gasteiger partial charge is 0.431 e. The third-order valence-electron chi connectivity index (χ3n) is 2.12. The number of halogens is 1. The molecule has 0 amide bonds. The van der Waals surface area contributed by atoms with Gasteiger partial charge in [-0.15, -0.1) is 0 Å². The third-order valence-corrected chi connectivity index (χ3v) is 3.42. The lowest BCUT2D eigenvalue weighted by atomic mass is 10.1. The van der Waals surface area contributed by atoms with Gasteiger partial charge in [0, 0.05) is 5.02 Å². The molecule has 1 heterocycles. The number of anilines is 1. The monoisotopic (exact) mass is 254 g/mol. The number of hydrogen-bond donors (Lipinski definition) is 1. The number of thiazole rings is 1. The number of benzene rings is 1. The molecule has 1 aromatic carbocycles. The van der Waals surface area contributed by atoms with Gasteiger partial charge < -0.3 is 10.5 Å². The van der Waals surface area contributed by atoms with Crippen LogP contribution in [0.1, 0.15) is 11.1 Å². The van der Waals surface area contributed by atoms with Gasteiger partial charge in [0.05, 0.1) is 6.20 Å². The number of nitrogen functional groups attached to an aromatic ring is 1. The van der Waals surface area contributed by atoms with Crippen molar-refractivity contribution >= 4 is 27.9 Å². The summed E-state index contributed by atoms with van der Waals surface area (Å²) in [7, 11) is 0. The van der Waals surface area contributed by atoms with Crippen molar-refractivity contribution in [2.24, 2.45) is 0 Å². The van der Waals surface area contributed by atoms with Crippen molar-refractivity contribution in [1.82, 2.24) is 4.98 Å². The van der Waals surface area contributed by atoms with E-state index >= 15 is 0 Å². The molecular formula is C11H11ClN2OS. The molecule has 2 rings (SSSR count). The summed E-state index contributed by atoms with van der Waals surface area (Å²) >= 11 is 7.38. The number of ether oxygens (including phenoxy) is 1. The highest BCUT2D eigenvalue weighted by atomic mass is 35.5. The van der Waals surface area contributed by atoms with Gasteiger partial charge >= 0.3 is 0 Å². The quantitative estimate of drug-likeness (QED) is 0.887. The summed E-state index contributed by atoms with van der Waals surface area (Å²) in [6.07, 6.45) is 1.58. The van der Waals surface area contributed by atoms with E-state index in [4.69, 9.17) is 22.1 Å². The summed E-state index contributed by atoms with van der Waals surface area (Å²) in [5.41, 5.74) is 7.55. The van der Waals surface area contributed by atoms with E-state index in [1.165, 1.54) is 11.3 Å². The van der Waals surface area contributed by atoms with Crippen LogP contribution in [0.3, 0.4) is 0 Å². The molecule has 1 aromatic heterocycles.